The van der Waals surface area contributed by atoms with Gasteiger partial charge in [0.2, 0.25) is 0 Å². The molecular formula is C16H25N3O. The Morgan fingerprint density at radius 1 is 1.30 bits per heavy atom. The first-order valence-electron chi connectivity index (χ1n) is 7.97. The molecule has 4 nitrogen and oxygen atoms in total. The molecule has 1 aliphatic heterocycles. The Hall–Kier alpha value is -1.45. The number of aryl methyl sites for hydroxylation is 1. The van der Waals surface area contributed by atoms with E-state index in [0.717, 1.165) is 31.1 Å². The Morgan fingerprint density at radius 2 is 2.05 bits per heavy atom. The van der Waals surface area contributed by atoms with Crippen LogP contribution in [0.5, 0.6) is 0 Å². The number of hydrogen-bond donors (Lipinski definition) is 1. The summed E-state index contributed by atoms with van der Waals surface area (Å²) in [5.41, 5.74) is 7.30. The van der Waals surface area contributed by atoms with Crippen molar-refractivity contribution in [1.29, 1.82) is 0 Å². The van der Waals surface area contributed by atoms with Crippen LogP contribution in [0.15, 0.2) is 12.3 Å². The van der Waals surface area contributed by atoms with E-state index in [1.165, 1.54) is 32.1 Å². The van der Waals surface area contributed by atoms with Crippen LogP contribution in [0, 0.1) is 5.92 Å². The number of amides is 1. The average molecular weight is 275 g/mol. The second-order valence-electron chi connectivity index (χ2n) is 6.20. The highest BCUT2D eigenvalue weighted by Crippen LogP contribution is 2.36. The van der Waals surface area contributed by atoms with Crippen LogP contribution in [0.3, 0.4) is 0 Å². The number of carbonyl (C=O) groups excluding carboxylic acids is 1. The van der Waals surface area contributed by atoms with Crippen molar-refractivity contribution in [3.05, 3.63) is 18.0 Å². The smallest absolute Gasteiger partial charge is 0.270 e. The Labute approximate surface area is 120 Å². The van der Waals surface area contributed by atoms with Gasteiger partial charge in [-0.25, -0.2) is 0 Å². The minimum Gasteiger partial charge on any atom is -0.397 e. The summed E-state index contributed by atoms with van der Waals surface area (Å²) in [6, 6.07) is 2.29. The van der Waals surface area contributed by atoms with Crippen molar-refractivity contribution in [3.8, 4) is 0 Å². The van der Waals surface area contributed by atoms with E-state index in [-0.39, 0.29) is 5.91 Å². The minimum absolute atomic E-state index is 0.179. The first kappa shape index (κ1) is 13.5. The molecule has 110 valence electrons. The third-order valence-corrected chi connectivity index (χ3v) is 4.98. The summed E-state index contributed by atoms with van der Waals surface area (Å²) >= 11 is 0. The molecule has 3 rings (SSSR count). The zero-order valence-electron chi connectivity index (χ0n) is 12.3. The second-order valence-corrected chi connectivity index (χ2v) is 6.20. The standard InChI is InChI=1S/C16H25N3O/c1-2-18-11-13(17)10-15(18)16(20)19-9-5-8-14(19)12-6-3-4-7-12/h10-12,14H,2-9,17H2,1H3. The summed E-state index contributed by atoms with van der Waals surface area (Å²) < 4.78 is 1.97. The maximum Gasteiger partial charge on any atom is 0.270 e. The molecule has 1 unspecified atom stereocenters. The van der Waals surface area contributed by atoms with Crippen molar-refractivity contribution < 1.29 is 4.79 Å². The molecule has 4 heteroatoms. The van der Waals surface area contributed by atoms with Crippen molar-refractivity contribution >= 4 is 11.6 Å². The number of anilines is 1. The number of aromatic nitrogens is 1. The quantitative estimate of drug-likeness (QED) is 0.922. The molecule has 1 saturated carbocycles. The van der Waals surface area contributed by atoms with Gasteiger partial charge in [0, 0.05) is 25.3 Å². The van der Waals surface area contributed by atoms with Crippen LogP contribution >= 0.6 is 0 Å². The summed E-state index contributed by atoms with van der Waals surface area (Å²) in [7, 11) is 0. The summed E-state index contributed by atoms with van der Waals surface area (Å²) in [4.78, 5) is 15.0. The number of nitrogens with two attached hydrogens (primary N) is 1. The van der Waals surface area contributed by atoms with E-state index in [9.17, 15) is 4.79 Å². The number of nitrogen functional groups attached to an aromatic ring is 1. The highest BCUT2D eigenvalue weighted by atomic mass is 16.2. The van der Waals surface area contributed by atoms with Crippen molar-refractivity contribution in [3.63, 3.8) is 0 Å². The van der Waals surface area contributed by atoms with Gasteiger partial charge in [-0.15, -0.1) is 0 Å². The van der Waals surface area contributed by atoms with Crippen LogP contribution in [-0.2, 0) is 6.54 Å². The molecule has 1 aromatic heterocycles. The van der Waals surface area contributed by atoms with Gasteiger partial charge < -0.3 is 15.2 Å². The van der Waals surface area contributed by atoms with Gasteiger partial charge in [-0.3, -0.25) is 4.79 Å². The number of rotatable bonds is 3. The molecular weight excluding hydrogens is 250 g/mol. The number of hydrogen-bond acceptors (Lipinski definition) is 2. The first-order valence-corrected chi connectivity index (χ1v) is 7.97. The second kappa shape index (κ2) is 5.51. The van der Waals surface area contributed by atoms with E-state index < -0.39 is 0 Å². The highest BCUT2D eigenvalue weighted by Gasteiger charge is 2.36. The van der Waals surface area contributed by atoms with E-state index in [0.29, 0.717) is 11.7 Å². The van der Waals surface area contributed by atoms with Gasteiger partial charge in [-0.1, -0.05) is 12.8 Å². The molecule has 2 heterocycles. The van der Waals surface area contributed by atoms with Gasteiger partial charge in [0.1, 0.15) is 5.69 Å². The average Bonchev–Trinajstić information content (AvgIpc) is 3.16. The van der Waals surface area contributed by atoms with Crippen molar-refractivity contribution in [2.75, 3.05) is 12.3 Å². The topological polar surface area (TPSA) is 51.3 Å². The molecule has 1 saturated heterocycles. The molecule has 0 aromatic carbocycles. The molecule has 2 aliphatic rings. The first-order chi connectivity index (χ1) is 9.70. The zero-order valence-corrected chi connectivity index (χ0v) is 12.3. The fourth-order valence-corrected chi connectivity index (χ4v) is 4.00. The predicted octanol–water partition coefficient (Wildman–Crippen LogP) is 2.89. The molecule has 0 spiro atoms. The van der Waals surface area contributed by atoms with Crippen molar-refractivity contribution in [2.45, 2.75) is 58.0 Å². The molecule has 1 amide bonds. The SMILES string of the molecule is CCn1cc(N)cc1C(=O)N1CCCC1C1CCCC1. The summed E-state index contributed by atoms with van der Waals surface area (Å²) in [5, 5.41) is 0. The van der Waals surface area contributed by atoms with Gasteiger partial charge in [-0.05, 0) is 44.6 Å². The van der Waals surface area contributed by atoms with Crippen LogP contribution in [0.25, 0.3) is 0 Å². The summed E-state index contributed by atoms with van der Waals surface area (Å²) in [6.07, 6.45) is 9.46. The maximum atomic E-state index is 12.9. The number of nitrogens with zero attached hydrogens (tertiary/aromatic N) is 2. The normalized spacial score (nSPS) is 23.6. The summed E-state index contributed by atoms with van der Waals surface area (Å²) in [5.74, 6) is 0.904. The molecule has 1 aliphatic carbocycles. The Bertz CT molecular complexity index is 488. The van der Waals surface area contributed by atoms with Crippen LogP contribution in [-0.4, -0.2) is 28.0 Å². The molecule has 0 bridgehead atoms. The Balaban J connectivity index is 1.81. The van der Waals surface area contributed by atoms with Crippen LogP contribution in [0.2, 0.25) is 0 Å². The predicted molar refractivity (Wildman–Crippen MR) is 80.5 cm³/mol. The largest absolute Gasteiger partial charge is 0.397 e. The Kier molecular flexibility index (Phi) is 3.72. The van der Waals surface area contributed by atoms with Crippen LogP contribution < -0.4 is 5.73 Å². The molecule has 2 N–H and O–H groups in total. The lowest BCUT2D eigenvalue weighted by Crippen LogP contribution is -2.40. The van der Waals surface area contributed by atoms with Crippen molar-refractivity contribution in [1.82, 2.24) is 9.47 Å². The van der Waals surface area contributed by atoms with Crippen LogP contribution in [0.4, 0.5) is 5.69 Å². The van der Waals surface area contributed by atoms with Gasteiger partial charge >= 0.3 is 0 Å². The summed E-state index contributed by atoms with van der Waals surface area (Å²) in [6.45, 7) is 3.75. The Morgan fingerprint density at radius 3 is 2.75 bits per heavy atom. The fraction of sp³-hybridized carbons (Fsp3) is 0.688. The van der Waals surface area contributed by atoms with Gasteiger partial charge in [-0.2, -0.15) is 0 Å². The lowest BCUT2D eigenvalue weighted by molar-refractivity contribution is 0.0678. The molecule has 1 aromatic rings. The van der Waals surface area contributed by atoms with E-state index in [1.54, 1.807) is 0 Å². The van der Waals surface area contributed by atoms with Crippen LogP contribution in [0.1, 0.15) is 55.9 Å². The van der Waals surface area contributed by atoms with E-state index >= 15 is 0 Å². The molecule has 1 atom stereocenters. The van der Waals surface area contributed by atoms with Gasteiger partial charge in [0.05, 0.1) is 5.69 Å². The lowest BCUT2D eigenvalue weighted by atomic mass is 9.96. The fourth-order valence-electron chi connectivity index (χ4n) is 4.00. The minimum atomic E-state index is 0.179. The van der Waals surface area contributed by atoms with Crippen molar-refractivity contribution in [2.24, 2.45) is 5.92 Å². The van der Waals surface area contributed by atoms with Gasteiger partial charge in [0.25, 0.3) is 5.91 Å². The molecule has 0 radical (unpaired) electrons. The van der Waals surface area contributed by atoms with E-state index in [1.807, 2.05) is 16.8 Å². The lowest BCUT2D eigenvalue weighted by Gasteiger charge is -2.29. The third-order valence-electron chi connectivity index (χ3n) is 4.98. The molecule has 20 heavy (non-hydrogen) atoms. The highest BCUT2D eigenvalue weighted by molar-refractivity contribution is 5.94. The monoisotopic (exact) mass is 275 g/mol. The number of carbonyl (C=O) groups is 1. The molecule has 2 fully saturated rings. The van der Waals surface area contributed by atoms with Gasteiger partial charge in [0.15, 0.2) is 0 Å². The van der Waals surface area contributed by atoms with E-state index in [2.05, 4.69) is 11.8 Å². The maximum absolute atomic E-state index is 12.9. The number of likely N-dealkylation sites (tertiary alicyclic amines) is 1. The third kappa shape index (κ3) is 2.32. The zero-order chi connectivity index (χ0) is 14.1. The van der Waals surface area contributed by atoms with E-state index in [4.69, 9.17) is 5.73 Å².